The summed E-state index contributed by atoms with van der Waals surface area (Å²) < 4.78 is 5.36. The van der Waals surface area contributed by atoms with E-state index in [4.69, 9.17) is 9.73 Å². The van der Waals surface area contributed by atoms with Gasteiger partial charge in [-0.3, -0.25) is 4.79 Å². The number of rotatable bonds is 8. The van der Waals surface area contributed by atoms with Crippen LogP contribution in [0, 0.1) is 0 Å². The topological polar surface area (TPSA) is 69.2 Å². The second-order valence-corrected chi connectivity index (χ2v) is 7.80. The molecule has 0 radical (unpaired) electrons. The number of halogens is 1. The summed E-state index contributed by atoms with van der Waals surface area (Å²) >= 11 is 0. The van der Waals surface area contributed by atoms with Gasteiger partial charge in [0.05, 0.1) is 13.7 Å². The second-order valence-electron chi connectivity index (χ2n) is 7.80. The lowest BCUT2D eigenvalue weighted by molar-refractivity contribution is 0.0953. The number of carbonyl (C=O) groups excluding carboxylic acids is 1. The number of hydrogen-bond acceptors (Lipinski definition) is 4. The van der Waals surface area contributed by atoms with Crippen molar-refractivity contribution in [3.8, 4) is 5.75 Å². The van der Waals surface area contributed by atoms with Crippen molar-refractivity contribution in [3.63, 3.8) is 0 Å². The number of amides is 1. The third-order valence-corrected chi connectivity index (χ3v) is 5.47. The van der Waals surface area contributed by atoms with Gasteiger partial charge in [0.25, 0.3) is 5.91 Å². The molecular formula is C25H36IN5O2. The van der Waals surface area contributed by atoms with Gasteiger partial charge in [0.15, 0.2) is 5.96 Å². The minimum absolute atomic E-state index is 0. The van der Waals surface area contributed by atoms with Crippen molar-refractivity contribution in [2.45, 2.75) is 26.8 Å². The number of ether oxygens (including phenoxy) is 1. The van der Waals surface area contributed by atoms with Crippen LogP contribution in [0.15, 0.2) is 53.5 Å². The fraction of sp³-hybridized carbons (Fsp3) is 0.440. The van der Waals surface area contributed by atoms with Crippen molar-refractivity contribution in [1.82, 2.24) is 15.5 Å². The molecule has 8 heteroatoms. The van der Waals surface area contributed by atoms with Gasteiger partial charge in [-0.05, 0) is 43.2 Å². The number of nitrogens with one attached hydrogen (secondary N) is 2. The van der Waals surface area contributed by atoms with Crippen molar-refractivity contribution in [1.29, 1.82) is 0 Å². The summed E-state index contributed by atoms with van der Waals surface area (Å²) in [5.74, 6) is 1.77. The fourth-order valence-corrected chi connectivity index (χ4v) is 3.73. The van der Waals surface area contributed by atoms with Crippen LogP contribution in [0.1, 0.15) is 36.2 Å². The van der Waals surface area contributed by atoms with Gasteiger partial charge < -0.3 is 25.2 Å². The van der Waals surface area contributed by atoms with Gasteiger partial charge in [0.2, 0.25) is 0 Å². The molecule has 0 atom stereocenters. The summed E-state index contributed by atoms with van der Waals surface area (Å²) in [4.78, 5) is 21.8. The van der Waals surface area contributed by atoms with Crippen molar-refractivity contribution in [3.05, 3.63) is 59.7 Å². The Morgan fingerprint density at radius 1 is 1.03 bits per heavy atom. The molecule has 3 rings (SSSR count). The third-order valence-electron chi connectivity index (χ3n) is 5.47. The molecule has 2 aromatic rings. The summed E-state index contributed by atoms with van der Waals surface area (Å²) in [6.07, 6.45) is 0.923. The van der Waals surface area contributed by atoms with E-state index in [9.17, 15) is 4.79 Å². The standard InChI is InChI=1S/C25H35N5O2.HI/c1-4-12-27-24(31)21-9-6-8-20(17-21)19-28-25(26-5-2)30-15-13-29(14-16-30)22-10-7-11-23(18-22)32-3;/h6-11,17-18H,4-5,12-16,19H2,1-3H3,(H,26,28)(H,27,31);1H. The predicted molar refractivity (Wildman–Crippen MR) is 146 cm³/mol. The zero-order valence-electron chi connectivity index (χ0n) is 19.8. The highest BCUT2D eigenvalue weighted by Crippen LogP contribution is 2.22. The first kappa shape index (κ1) is 26.8. The molecule has 0 bridgehead atoms. The first-order valence-corrected chi connectivity index (χ1v) is 11.4. The molecule has 1 fully saturated rings. The van der Waals surface area contributed by atoms with Crippen LogP contribution in [-0.2, 0) is 6.54 Å². The largest absolute Gasteiger partial charge is 0.497 e. The van der Waals surface area contributed by atoms with E-state index in [1.165, 1.54) is 5.69 Å². The lowest BCUT2D eigenvalue weighted by Gasteiger charge is -2.37. The molecule has 1 aliphatic heterocycles. The van der Waals surface area contributed by atoms with E-state index in [2.05, 4.69) is 39.5 Å². The molecule has 33 heavy (non-hydrogen) atoms. The smallest absolute Gasteiger partial charge is 0.251 e. The van der Waals surface area contributed by atoms with E-state index in [0.717, 1.165) is 56.4 Å². The summed E-state index contributed by atoms with van der Waals surface area (Å²) in [5.41, 5.74) is 2.90. The van der Waals surface area contributed by atoms with Crippen LogP contribution in [0.2, 0.25) is 0 Å². The van der Waals surface area contributed by atoms with Crippen LogP contribution in [0.25, 0.3) is 0 Å². The average molecular weight is 566 g/mol. The highest BCUT2D eigenvalue weighted by molar-refractivity contribution is 14.0. The molecule has 0 aromatic heterocycles. The molecule has 1 heterocycles. The molecule has 2 aromatic carbocycles. The number of piperazine rings is 1. The maximum absolute atomic E-state index is 12.3. The number of aliphatic imine (C=N–C) groups is 1. The first-order chi connectivity index (χ1) is 15.6. The number of carbonyl (C=O) groups is 1. The van der Waals surface area contributed by atoms with Crippen LogP contribution in [0.5, 0.6) is 5.75 Å². The Bertz CT molecular complexity index is 913. The van der Waals surface area contributed by atoms with Gasteiger partial charge in [-0.2, -0.15) is 0 Å². The summed E-state index contributed by atoms with van der Waals surface area (Å²) in [6, 6.07) is 15.9. The molecule has 2 N–H and O–H groups in total. The first-order valence-electron chi connectivity index (χ1n) is 11.4. The Kier molecular flexibility index (Phi) is 11.3. The molecule has 0 saturated carbocycles. The quantitative estimate of drug-likeness (QED) is 0.290. The van der Waals surface area contributed by atoms with Gasteiger partial charge in [-0.25, -0.2) is 4.99 Å². The van der Waals surface area contributed by atoms with Crippen molar-refractivity contribution in [2.24, 2.45) is 4.99 Å². The SMILES string of the molecule is CCCNC(=O)c1cccc(CN=C(NCC)N2CCN(c3cccc(OC)c3)CC2)c1.I. The number of anilines is 1. The third kappa shape index (κ3) is 7.80. The predicted octanol–water partition coefficient (Wildman–Crippen LogP) is 3.74. The minimum Gasteiger partial charge on any atom is -0.497 e. The molecule has 0 spiro atoms. The van der Waals surface area contributed by atoms with E-state index < -0.39 is 0 Å². The highest BCUT2D eigenvalue weighted by atomic mass is 127. The Morgan fingerprint density at radius 2 is 1.79 bits per heavy atom. The molecule has 180 valence electrons. The maximum atomic E-state index is 12.3. The number of methoxy groups -OCH3 is 1. The van der Waals surface area contributed by atoms with E-state index in [0.29, 0.717) is 18.7 Å². The van der Waals surface area contributed by atoms with Crippen LogP contribution < -0.4 is 20.3 Å². The van der Waals surface area contributed by atoms with Crippen LogP contribution in [0.4, 0.5) is 5.69 Å². The highest BCUT2D eigenvalue weighted by Gasteiger charge is 2.20. The molecule has 0 aliphatic carbocycles. The van der Waals surface area contributed by atoms with Crippen LogP contribution >= 0.6 is 24.0 Å². The maximum Gasteiger partial charge on any atom is 0.251 e. The summed E-state index contributed by atoms with van der Waals surface area (Å²) in [6.45, 7) is 9.79. The van der Waals surface area contributed by atoms with Crippen LogP contribution in [0.3, 0.4) is 0 Å². The summed E-state index contributed by atoms with van der Waals surface area (Å²) in [7, 11) is 1.70. The Labute approximate surface area is 214 Å². The molecule has 7 nitrogen and oxygen atoms in total. The molecule has 1 amide bonds. The van der Waals surface area contributed by atoms with Crippen molar-refractivity contribution >= 4 is 41.5 Å². The number of benzene rings is 2. The second kappa shape index (κ2) is 13.9. The van der Waals surface area contributed by atoms with Crippen molar-refractivity contribution in [2.75, 3.05) is 51.3 Å². The van der Waals surface area contributed by atoms with Gasteiger partial charge in [-0.1, -0.05) is 25.1 Å². The van der Waals surface area contributed by atoms with E-state index >= 15 is 0 Å². The number of guanidine groups is 1. The van der Waals surface area contributed by atoms with E-state index in [1.54, 1.807) is 7.11 Å². The molecular weight excluding hydrogens is 529 g/mol. The molecule has 1 aliphatic rings. The van der Waals surface area contributed by atoms with Gasteiger partial charge in [0.1, 0.15) is 5.75 Å². The van der Waals surface area contributed by atoms with Gasteiger partial charge >= 0.3 is 0 Å². The Morgan fingerprint density at radius 3 is 2.48 bits per heavy atom. The summed E-state index contributed by atoms with van der Waals surface area (Å²) in [5, 5.41) is 6.35. The van der Waals surface area contributed by atoms with Crippen LogP contribution in [-0.4, -0.2) is 63.1 Å². The number of nitrogens with zero attached hydrogens (tertiary/aromatic N) is 3. The number of hydrogen-bond donors (Lipinski definition) is 2. The molecule has 0 unspecified atom stereocenters. The zero-order chi connectivity index (χ0) is 22.8. The lowest BCUT2D eigenvalue weighted by Crippen LogP contribution is -2.52. The lowest BCUT2D eigenvalue weighted by atomic mass is 10.1. The fourth-order valence-electron chi connectivity index (χ4n) is 3.73. The Hall–Kier alpha value is -2.49. The monoisotopic (exact) mass is 565 g/mol. The Balaban J connectivity index is 0.00000385. The van der Waals surface area contributed by atoms with E-state index in [-0.39, 0.29) is 29.9 Å². The van der Waals surface area contributed by atoms with Gasteiger partial charge in [-0.15, -0.1) is 24.0 Å². The van der Waals surface area contributed by atoms with Gasteiger partial charge in [0, 0.05) is 56.6 Å². The average Bonchev–Trinajstić information content (AvgIpc) is 2.85. The van der Waals surface area contributed by atoms with E-state index in [1.807, 2.05) is 43.3 Å². The minimum atomic E-state index is -0.0294. The van der Waals surface area contributed by atoms with Crippen molar-refractivity contribution < 1.29 is 9.53 Å². The normalized spacial score (nSPS) is 13.8. The molecule has 1 saturated heterocycles. The zero-order valence-corrected chi connectivity index (χ0v) is 22.2.